The van der Waals surface area contributed by atoms with E-state index in [0.29, 0.717) is 5.13 Å². The van der Waals surface area contributed by atoms with Crippen LogP contribution in [0.1, 0.15) is 0 Å². The number of nitrogens with zero attached hydrogens (tertiary/aromatic N) is 3. The van der Waals surface area contributed by atoms with Crippen LogP contribution in [0.3, 0.4) is 0 Å². The smallest absolute Gasteiger partial charge is 0.231 e. The Hall–Kier alpha value is -2.79. The van der Waals surface area contributed by atoms with E-state index < -0.39 is 0 Å². The second-order valence-electron chi connectivity index (χ2n) is 5.03. The van der Waals surface area contributed by atoms with Crippen LogP contribution < -0.4 is 4.74 Å². The summed E-state index contributed by atoms with van der Waals surface area (Å²) in [7, 11) is 1.66. The predicted molar refractivity (Wildman–Crippen MR) is 93.4 cm³/mol. The van der Waals surface area contributed by atoms with Gasteiger partial charge in [0.25, 0.3) is 0 Å². The predicted octanol–water partition coefficient (Wildman–Crippen LogP) is 5.83. The molecule has 112 valence electrons. The Morgan fingerprint density at radius 2 is 1.87 bits per heavy atom. The summed E-state index contributed by atoms with van der Waals surface area (Å²) in [6, 6.07) is 20.0. The number of aromatic nitrogens is 1. The summed E-state index contributed by atoms with van der Waals surface area (Å²) < 4.78 is 6.27. The summed E-state index contributed by atoms with van der Waals surface area (Å²) in [5.74, 6) is 0.819. The van der Waals surface area contributed by atoms with Crippen molar-refractivity contribution in [3.63, 3.8) is 0 Å². The fourth-order valence-electron chi connectivity index (χ4n) is 2.44. The van der Waals surface area contributed by atoms with E-state index in [0.717, 1.165) is 32.8 Å². The second kappa shape index (κ2) is 5.78. The van der Waals surface area contributed by atoms with Crippen LogP contribution in [-0.2, 0) is 0 Å². The van der Waals surface area contributed by atoms with E-state index in [1.54, 1.807) is 7.11 Å². The van der Waals surface area contributed by atoms with Gasteiger partial charge in [-0.3, -0.25) is 0 Å². The number of benzene rings is 1. The van der Waals surface area contributed by atoms with Gasteiger partial charge in [-0.2, -0.15) is 0 Å². The molecule has 1 aromatic heterocycles. The molecule has 0 saturated carbocycles. The van der Waals surface area contributed by atoms with Crippen molar-refractivity contribution in [2.75, 3.05) is 7.11 Å². The fraction of sp³-hybridized carbons (Fsp3) is 0.0556. The Labute approximate surface area is 137 Å². The number of azo groups is 1. The monoisotopic (exact) mass is 319 g/mol. The van der Waals surface area contributed by atoms with Crippen molar-refractivity contribution in [1.29, 1.82) is 0 Å². The molecule has 4 rings (SSSR count). The van der Waals surface area contributed by atoms with Gasteiger partial charge in [-0.05, 0) is 29.8 Å². The molecule has 0 unspecified atom stereocenters. The highest BCUT2D eigenvalue weighted by Gasteiger charge is 2.08. The summed E-state index contributed by atoms with van der Waals surface area (Å²) in [5.41, 5.74) is 4.00. The van der Waals surface area contributed by atoms with Gasteiger partial charge in [0.1, 0.15) is 5.75 Å². The van der Waals surface area contributed by atoms with Crippen LogP contribution in [0, 0.1) is 0 Å². The number of hydrogen-bond donors (Lipinski definition) is 0. The highest BCUT2D eigenvalue weighted by atomic mass is 32.1. The van der Waals surface area contributed by atoms with Crippen molar-refractivity contribution < 1.29 is 4.74 Å². The molecule has 1 aromatic carbocycles. The van der Waals surface area contributed by atoms with Crippen LogP contribution in [0.5, 0.6) is 5.75 Å². The number of thiazole rings is 1. The Kier molecular flexibility index (Phi) is 3.48. The van der Waals surface area contributed by atoms with E-state index >= 15 is 0 Å². The van der Waals surface area contributed by atoms with Crippen LogP contribution >= 0.6 is 11.3 Å². The number of fused-ring (bicyclic) bond motifs is 2. The Morgan fingerprint density at radius 1 is 0.957 bits per heavy atom. The van der Waals surface area contributed by atoms with Crippen LogP contribution in [0.4, 0.5) is 10.8 Å². The minimum absolute atomic E-state index is 0.642. The molecular formula is C18H13N3OS. The van der Waals surface area contributed by atoms with Gasteiger partial charge in [0.2, 0.25) is 5.13 Å². The Morgan fingerprint density at radius 3 is 2.78 bits per heavy atom. The zero-order valence-corrected chi connectivity index (χ0v) is 13.2. The van der Waals surface area contributed by atoms with Gasteiger partial charge in [-0.25, -0.2) is 4.98 Å². The van der Waals surface area contributed by atoms with Crippen LogP contribution in [0.25, 0.3) is 21.3 Å². The maximum Gasteiger partial charge on any atom is 0.231 e. The summed E-state index contributed by atoms with van der Waals surface area (Å²) in [5, 5.41) is 9.32. The van der Waals surface area contributed by atoms with E-state index in [1.165, 1.54) is 11.3 Å². The van der Waals surface area contributed by atoms with E-state index in [-0.39, 0.29) is 0 Å². The van der Waals surface area contributed by atoms with Gasteiger partial charge >= 0.3 is 0 Å². The van der Waals surface area contributed by atoms with Crippen molar-refractivity contribution in [2.24, 2.45) is 10.2 Å². The Balaban J connectivity index is 1.68. The lowest BCUT2D eigenvalue weighted by molar-refractivity contribution is 0.415. The molecule has 0 amide bonds. The minimum atomic E-state index is 0.642. The van der Waals surface area contributed by atoms with Gasteiger partial charge < -0.3 is 4.74 Å². The first-order chi connectivity index (χ1) is 11.3. The largest absolute Gasteiger partial charge is 0.497 e. The highest BCUT2D eigenvalue weighted by Crippen LogP contribution is 2.36. The van der Waals surface area contributed by atoms with E-state index in [4.69, 9.17) is 4.74 Å². The lowest BCUT2D eigenvalue weighted by Gasteiger charge is -1.96. The van der Waals surface area contributed by atoms with Crippen LogP contribution in [0.15, 0.2) is 70.9 Å². The van der Waals surface area contributed by atoms with Crippen molar-refractivity contribution in [3.8, 4) is 16.9 Å². The molecule has 2 aromatic rings. The first-order valence-corrected chi connectivity index (χ1v) is 7.99. The minimum Gasteiger partial charge on any atom is -0.497 e. The molecule has 4 nitrogen and oxygen atoms in total. The standard InChI is InChI=1S/C18H13N3OS/c1-22-13-8-10-16-17(11-13)23-18(19-16)21-20-15-9-7-12-5-3-2-4-6-14(12)15/h2-11H,1H3. The fourth-order valence-corrected chi connectivity index (χ4v) is 3.26. The molecule has 0 saturated heterocycles. The van der Waals surface area contributed by atoms with Crippen molar-refractivity contribution >= 4 is 32.4 Å². The molecule has 0 fully saturated rings. The molecule has 2 aliphatic carbocycles. The maximum absolute atomic E-state index is 5.23. The number of rotatable bonds is 3. The Bertz CT molecular complexity index is 977. The zero-order valence-electron chi connectivity index (χ0n) is 12.4. The quantitative estimate of drug-likeness (QED) is 0.446. The third-order valence-corrected chi connectivity index (χ3v) is 4.50. The lowest BCUT2D eigenvalue weighted by atomic mass is 10.2. The third-order valence-electron chi connectivity index (χ3n) is 3.60. The maximum atomic E-state index is 5.23. The summed E-state index contributed by atoms with van der Waals surface area (Å²) in [6.45, 7) is 0. The molecule has 23 heavy (non-hydrogen) atoms. The number of ether oxygens (including phenoxy) is 1. The third kappa shape index (κ3) is 2.66. The molecule has 0 radical (unpaired) electrons. The van der Waals surface area contributed by atoms with E-state index in [1.807, 2.05) is 54.6 Å². The molecule has 5 heteroatoms. The first-order valence-electron chi connectivity index (χ1n) is 7.17. The van der Waals surface area contributed by atoms with E-state index in [2.05, 4.69) is 21.3 Å². The molecule has 0 N–H and O–H groups in total. The molecule has 2 aliphatic rings. The number of methoxy groups -OCH3 is 1. The average Bonchev–Trinajstić information content (AvgIpc) is 3.08. The van der Waals surface area contributed by atoms with Gasteiger partial charge in [0, 0.05) is 5.56 Å². The second-order valence-corrected chi connectivity index (χ2v) is 6.04. The normalized spacial score (nSPS) is 11.5. The topological polar surface area (TPSA) is 46.8 Å². The molecule has 0 atom stereocenters. The van der Waals surface area contributed by atoms with Gasteiger partial charge in [0.05, 0.1) is 23.0 Å². The van der Waals surface area contributed by atoms with Crippen molar-refractivity contribution in [2.45, 2.75) is 0 Å². The summed E-state index contributed by atoms with van der Waals surface area (Å²) in [4.78, 5) is 4.48. The molecule has 1 heterocycles. The van der Waals surface area contributed by atoms with Crippen molar-refractivity contribution in [1.82, 2.24) is 4.98 Å². The average molecular weight is 319 g/mol. The zero-order chi connectivity index (χ0) is 15.6. The summed E-state index contributed by atoms with van der Waals surface area (Å²) in [6.07, 6.45) is 0. The summed E-state index contributed by atoms with van der Waals surface area (Å²) >= 11 is 1.50. The SMILES string of the molecule is COc1ccc2nc(N=Nc3ccc4cccccc3-4)sc2c1. The van der Waals surface area contributed by atoms with Gasteiger partial charge in [-0.15, -0.1) is 10.2 Å². The molecule has 0 spiro atoms. The lowest BCUT2D eigenvalue weighted by Crippen LogP contribution is -1.80. The van der Waals surface area contributed by atoms with Crippen LogP contribution in [0.2, 0.25) is 0 Å². The molecule has 0 aliphatic heterocycles. The van der Waals surface area contributed by atoms with Gasteiger partial charge in [0.15, 0.2) is 0 Å². The van der Waals surface area contributed by atoms with Gasteiger partial charge in [-0.1, -0.05) is 47.7 Å². The van der Waals surface area contributed by atoms with E-state index in [9.17, 15) is 0 Å². The highest BCUT2D eigenvalue weighted by molar-refractivity contribution is 7.21. The molecule has 0 bridgehead atoms. The first kappa shape index (κ1) is 13.8. The van der Waals surface area contributed by atoms with Crippen molar-refractivity contribution in [3.05, 3.63) is 60.7 Å². The number of hydrogen-bond acceptors (Lipinski definition) is 5. The molecular weight excluding hydrogens is 306 g/mol. The van der Waals surface area contributed by atoms with Crippen LogP contribution in [-0.4, -0.2) is 12.1 Å².